The number of nitrogens with one attached hydrogen (secondary N) is 1. The number of fused-ring (bicyclic) bond motifs is 3. The van der Waals surface area contributed by atoms with Gasteiger partial charge in [0.2, 0.25) is 5.91 Å². The number of rotatable bonds is 6. The van der Waals surface area contributed by atoms with Crippen molar-refractivity contribution in [2.45, 2.75) is 17.8 Å². The van der Waals surface area contributed by atoms with Crippen molar-refractivity contribution in [1.82, 2.24) is 10.2 Å². The smallest absolute Gasteiger partial charge is 0.260 e. The average Bonchev–Trinajstić information content (AvgIpc) is 3.28. The van der Waals surface area contributed by atoms with Gasteiger partial charge in [0.25, 0.3) is 5.91 Å². The number of ether oxygens (including phenoxy) is 2. The molecule has 1 N–H and O–H groups in total. The molecule has 2 heterocycles. The Balaban J connectivity index is 1.49. The summed E-state index contributed by atoms with van der Waals surface area (Å²) in [6, 6.07) is 13.2. The molecule has 0 radical (unpaired) electrons. The first-order valence-corrected chi connectivity index (χ1v) is 10.2. The fourth-order valence-corrected chi connectivity index (χ4v) is 5.24. The van der Waals surface area contributed by atoms with Crippen molar-refractivity contribution in [1.29, 1.82) is 0 Å². The highest BCUT2D eigenvalue weighted by Gasteiger charge is 2.50. The second-order valence-electron chi connectivity index (χ2n) is 6.71. The maximum Gasteiger partial charge on any atom is 0.260 e. The van der Waals surface area contributed by atoms with Gasteiger partial charge in [0.05, 0.1) is 19.8 Å². The van der Waals surface area contributed by atoms with Gasteiger partial charge in [-0.25, -0.2) is 0 Å². The standard InChI is InChI=1S/C21H22N2O4S/c1-26-16-9-8-14-17(18(16)27-2)20(25)23-15(12-28-21(14)23)19(24)22-11-10-13-6-4-3-5-7-13/h3-9,15,21H,10-12H2,1-2H3,(H,22,24)/t15-,21+/m1/s1. The summed E-state index contributed by atoms with van der Waals surface area (Å²) in [4.78, 5) is 27.6. The zero-order valence-electron chi connectivity index (χ0n) is 15.8. The maximum atomic E-state index is 13.1. The lowest BCUT2D eigenvalue weighted by molar-refractivity contribution is -0.124. The molecule has 2 aliphatic heterocycles. The van der Waals surface area contributed by atoms with E-state index in [1.807, 2.05) is 42.5 Å². The highest BCUT2D eigenvalue weighted by atomic mass is 32.2. The third-order valence-corrected chi connectivity index (χ3v) is 6.46. The highest BCUT2D eigenvalue weighted by Crippen LogP contribution is 2.52. The maximum absolute atomic E-state index is 13.1. The quantitative estimate of drug-likeness (QED) is 0.810. The number of carbonyl (C=O) groups excluding carboxylic acids is 2. The van der Waals surface area contributed by atoms with Gasteiger partial charge in [-0.3, -0.25) is 9.59 Å². The van der Waals surface area contributed by atoms with E-state index in [4.69, 9.17) is 9.47 Å². The van der Waals surface area contributed by atoms with Crippen LogP contribution in [-0.2, 0) is 11.2 Å². The Labute approximate surface area is 168 Å². The minimum absolute atomic E-state index is 0.113. The van der Waals surface area contributed by atoms with E-state index < -0.39 is 6.04 Å². The Hall–Kier alpha value is -2.67. The molecule has 28 heavy (non-hydrogen) atoms. The predicted molar refractivity (Wildman–Crippen MR) is 108 cm³/mol. The third kappa shape index (κ3) is 3.09. The molecule has 2 amide bonds. The number of amides is 2. The molecule has 0 spiro atoms. The van der Waals surface area contributed by atoms with Gasteiger partial charge in [-0.1, -0.05) is 36.4 Å². The van der Waals surface area contributed by atoms with Gasteiger partial charge in [0.1, 0.15) is 11.4 Å². The largest absolute Gasteiger partial charge is 0.493 e. The minimum atomic E-state index is -0.485. The molecule has 7 heteroatoms. The zero-order valence-corrected chi connectivity index (χ0v) is 16.6. The van der Waals surface area contributed by atoms with E-state index in [9.17, 15) is 9.59 Å². The van der Waals surface area contributed by atoms with Crippen LogP contribution in [0.2, 0.25) is 0 Å². The Morgan fingerprint density at radius 2 is 1.96 bits per heavy atom. The molecule has 0 aliphatic carbocycles. The normalized spacial score (nSPS) is 19.9. The molecule has 1 fully saturated rings. The number of methoxy groups -OCH3 is 2. The number of thioether (sulfide) groups is 1. The molecule has 146 valence electrons. The van der Waals surface area contributed by atoms with Crippen LogP contribution < -0.4 is 14.8 Å². The molecular formula is C21H22N2O4S. The molecule has 2 aromatic carbocycles. The molecule has 6 nitrogen and oxygen atoms in total. The predicted octanol–water partition coefficient (Wildman–Crippen LogP) is 2.63. The van der Waals surface area contributed by atoms with Crippen LogP contribution >= 0.6 is 11.8 Å². The van der Waals surface area contributed by atoms with Crippen molar-refractivity contribution in [2.75, 3.05) is 26.5 Å². The van der Waals surface area contributed by atoms with Crippen LogP contribution in [0.1, 0.15) is 26.9 Å². The fraction of sp³-hybridized carbons (Fsp3) is 0.333. The molecule has 2 aliphatic rings. The van der Waals surface area contributed by atoms with Crippen LogP contribution in [0.25, 0.3) is 0 Å². The van der Waals surface area contributed by atoms with Crippen LogP contribution in [-0.4, -0.2) is 49.3 Å². The van der Waals surface area contributed by atoms with Gasteiger partial charge in [-0.15, -0.1) is 11.8 Å². The summed E-state index contributed by atoms with van der Waals surface area (Å²) in [6.45, 7) is 0.542. The van der Waals surface area contributed by atoms with Crippen LogP contribution in [0.5, 0.6) is 11.5 Å². The number of hydrogen-bond donors (Lipinski definition) is 1. The van der Waals surface area contributed by atoms with E-state index in [0.717, 1.165) is 12.0 Å². The van der Waals surface area contributed by atoms with Crippen LogP contribution in [0.4, 0.5) is 0 Å². The Morgan fingerprint density at radius 1 is 1.18 bits per heavy atom. The number of benzene rings is 2. The third-order valence-electron chi connectivity index (χ3n) is 5.15. The molecule has 4 rings (SSSR count). The van der Waals surface area contributed by atoms with Crippen LogP contribution in [0, 0.1) is 0 Å². The first-order valence-electron chi connectivity index (χ1n) is 9.16. The number of hydrogen-bond acceptors (Lipinski definition) is 5. The Kier molecular flexibility index (Phi) is 5.17. The van der Waals surface area contributed by atoms with Gasteiger partial charge in [0, 0.05) is 17.9 Å². The molecule has 0 saturated carbocycles. The molecular weight excluding hydrogens is 376 g/mol. The summed E-state index contributed by atoms with van der Waals surface area (Å²) in [5, 5.41) is 2.82. The van der Waals surface area contributed by atoms with Crippen molar-refractivity contribution in [3.8, 4) is 11.5 Å². The summed E-state index contributed by atoms with van der Waals surface area (Å²) in [5.41, 5.74) is 2.55. The van der Waals surface area contributed by atoms with E-state index in [0.29, 0.717) is 29.4 Å². The van der Waals surface area contributed by atoms with Crippen LogP contribution in [0.15, 0.2) is 42.5 Å². The van der Waals surface area contributed by atoms with Gasteiger partial charge >= 0.3 is 0 Å². The fourth-order valence-electron chi connectivity index (χ4n) is 3.79. The second-order valence-corrected chi connectivity index (χ2v) is 7.82. The lowest BCUT2D eigenvalue weighted by Gasteiger charge is -2.22. The zero-order chi connectivity index (χ0) is 19.7. The van der Waals surface area contributed by atoms with E-state index in [1.165, 1.54) is 12.7 Å². The number of nitrogens with zero attached hydrogens (tertiary/aromatic N) is 1. The Morgan fingerprint density at radius 3 is 2.68 bits per heavy atom. The summed E-state index contributed by atoms with van der Waals surface area (Å²) >= 11 is 1.61. The van der Waals surface area contributed by atoms with E-state index >= 15 is 0 Å². The monoisotopic (exact) mass is 398 g/mol. The highest BCUT2D eigenvalue weighted by molar-refractivity contribution is 7.99. The molecule has 0 aromatic heterocycles. The molecule has 0 bridgehead atoms. The van der Waals surface area contributed by atoms with Gasteiger partial charge in [-0.2, -0.15) is 0 Å². The van der Waals surface area contributed by atoms with Crippen molar-refractivity contribution < 1.29 is 19.1 Å². The van der Waals surface area contributed by atoms with Gasteiger partial charge in [0.15, 0.2) is 11.5 Å². The summed E-state index contributed by atoms with van der Waals surface area (Å²) in [7, 11) is 3.07. The summed E-state index contributed by atoms with van der Waals surface area (Å²) in [5.74, 6) is 1.25. The number of carbonyl (C=O) groups is 2. The lowest BCUT2D eigenvalue weighted by atomic mass is 10.1. The lowest BCUT2D eigenvalue weighted by Crippen LogP contribution is -2.46. The molecule has 2 aromatic rings. The van der Waals surface area contributed by atoms with Crippen molar-refractivity contribution in [3.05, 3.63) is 59.2 Å². The topological polar surface area (TPSA) is 67.9 Å². The first kappa shape index (κ1) is 18.7. The van der Waals surface area contributed by atoms with Crippen molar-refractivity contribution in [2.24, 2.45) is 0 Å². The van der Waals surface area contributed by atoms with Gasteiger partial charge < -0.3 is 19.7 Å². The SMILES string of the molecule is COc1ccc2c(c1OC)C(=O)N1[C@@H](C(=O)NCCc3ccccc3)CS[C@@H]21. The van der Waals surface area contributed by atoms with Crippen molar-refractivity contribution in [3.63, 3.8) is 0 Å². The van der Waals surface area contributed by atoms with E-state index in [-0.39, 0.29) is 17.2 Å². The summed E-state index contributed by atoms with van der Waals surface area (Å²) < 4.78 is 10.8. The Bertz CT molecular complexity index is 903. The minimum Gasteiger partial charge on any atom is -0.493 e. The molecule has 1 saturated heterocycles. The van der Waals surface area contributed by atoms with E-state index in [1.54, 1.807) is 23.8 Å². The molecule has 0 unspecified atom stereocenters. The van der Waals surface area contributed by atoms with Gasteiger partial charge in [-0.05, 0) is 18.1 Å². The van der Waals surface area contributed by atoms with Crippen LogP contribution in [0.3, 0.4) is 0 Å². The van der Waals surface area contributed by atoms with Crippen molar-refractivity contribution >= 4 is 23.6 Å². The molecule has 2 atom stereocenters. The first-order chi connectivity index (χ1) is 13.7. The van der Waals surface area contributed by atoms with E-state index in [2.05, 4.69) is 5.32 Å². The summed E-state index contributed by atoms with van der Waals surface area (Å²) in [6.07, 6.45) is 0.759. The second kappa shape index (κ2) is 7.75. The average molecular weight is 398 g/mol.